The van der Waals surface area contributed by atoms with Gasteiger partial charge in [-0.25, -0.2) is 0 Å². The van der Waals surface area contributed by atoms with Crippen molar-refractivity contribution >= 4 is 52.4 Å². The summed E-state index contributed by atoms with van der Waals surface area (Å²) in [5.41, 5.74) is 1.61. The Balaban J connectivity index is 1.41. The van der Waals surface area contributed by atoms with Gasteiger partial charge in [-0.1, -0.05) is 97.1 Å². The van der Waals surface area contributed by atoms with Crippen molar-refractivity contribution in [3.05, 3.63) is 161 Å². The molecule has 0 saturated carbocycles. The van der Waals surface area contributed by atoms with E-state index in [9.17, 15) is 19.7 Å². The number of amides is 2. The highest BCUT2D eigenvalue weighted by atomic mass is 32.2. The van der Waals surface area contributed by atoms with E-state index in [2.05, 4.69) is 10.6 Å². The largest absolute Gasteiger partial charge is 0.325 e. The molecule has 5 aromatic carbocycles. The summed E-state index contributed by atoms with van der Waals surface area (Å²) >= 11 is 2.75. The molecule has 0 bridgehead atoms. The van der Waals surface area contributed by atoms with Crippen LogP contribution in [0.3, 0.4) is 0 Å². The maximum atomic E-state index is 13.7. The number of carbonyl (C=O) groups excluding carboxylic acids is 2. The maximum absolute atomic E-state index is 13.7. The zero-order valence-corrected chi connectivity index (χ0v) is 24.5. The highest BCUT2D eigenvalue weighted by Gasteiger charge is 2.27. The molecule has 0 aliphatic rings. The first-order chi connectivity index (χ1) is 21.0. The van der Waals surface area contributed by atoms with Crippen LogP contribution in [0.4, 0.5) is 17.1 Å². The number of hydrogen-bond acceptors (Lipinski definition) is 6. The molecular weight excluding hydrogens is 579 g/mol. The lowest BCUT2D eigenvalue weighted by atomic mass is 10.1. The third-order valence-electron chi connectivity index (χ3n) is 6.39. The molecule has 43 heavy (non-hydrogen) atoms. The van der Waals surface area contributed by atoms with Crippen molar-refractivity contribution in [3.8, 4) is 0 Å². The molecule has 0 fully saturated rings. The van der Waals surface area contributed by atoms with Crippen molar-refractivity contribution in [3.63, 3.8) is 0 Å². The van der Waals surface area contributed by atoms with Crippen molar-refractivity contribution in [1.82, 2.24) is 0 Å². The van der Waals surface area contributed by atoms with E-state index < -0.39 is 21.3 Å². The number of nitro groups is 1. The lowest BCUT2D eigenvalue weighted by Gasteiger charge is -2.19. The van der Waals surface area contributed by atoms with Gasteiger partial charge in [-0.2, -0.15) is 0 Å². The smallest absolute Gasteiger partial charge is 0.292 e. The average molecular weight is 606 g/mol. The molecule has 0 heterocycles. The molecule has 2 N–H and O–H groups in total. The van der Waals surface area contributed by atoms with Crippen LogP contribution in [0.5, 0.6) is 0 Å². The van der Waals surface area contributed by atoms with Crippen LogP contribution in [-0.2, 0) is 9.59 Å². The van der Waals surface area contributed by atoms with Crippen LogP contribution in [0.2, 0.25) is 0 Å². The minimum atomic E-state index is -0.675. The van der Waals surface area contributed by atoms with Crippen LogP contribution < -0.4 is 10.6 Å². The topological polar surface area (TPSA) is 101 Å². The van der Waals surface area contributed by atoms with Crippen LogP contribution >= 0.6 is 23.5 Å². The minimum Gasteiger partial charge on any atom is -0.325 e. The van der Waals surface area contributed by atoms with E-state index in [4.69, 9.17) is 0 Å². The number of nitrogens with zero attached hydrogens (tertiary/aromatic N) is 1. The van der Waals surface area contributed by atoms with E-state index in [0.717, 1.165) is 20.9 Å². The van der Waals surface area contributed by atoms with Gasteiger partial charge in [0.1, 0.15) is 16.2 Å². The van der Waals surface area contributed by atoms with Crippen molar-refractivity contribution in [1.29, 1.82) is 0 Å². The summed E-state index contributed by atoms with van der Waals surface area (Å²) in [6.07, 6.45) is 0. The number of carbonyl (C=O) groups is 2. The molecule has 0 aliphatic carbocycles. The zero-order chi connectivity index (χ0) is 30.0. The monoisotopic (exact) mass is 605 g/mol. The van der Waals surface area contributed by atoms with Crippen LogP contribution in [0.1, 0.15) is 21.6 Å². The number of nitro benzene ring substituents is 1. The highest BCUT2D eigenvalue weighted by Crippen LogP contribution is 2.39. The minimum absolute atomic E-state index is 0.00522. The summed E-state index contributed by atoms with van der Waals surface area (Å²) in [6.45, 7) is 0. The Labute approximate surface area is 257 Å². The van der Waals surface area contributed by atoms with Crippen molar-refractivity contribution in [2.45, 2.75) is 20.3 Å². The van der Waals surface area contributed by atoms with E-state index in [1.165, 1.54) is 41.7 Å². The van der Waals surface area contributed by atoms with Gasteiger partial charge >= 0.3 is 0 Å². The molecule has 214 valence electrons. The molecule has 0 aliphatic heterocycles. The SMILES string of the molecule is O=C(Nc1ccc([N+](=O)[O-])c(NC(=O)C(Sc2ccccc2)c2ccccc2)c1)C(Sc1ccccc1)c1ccccc1. The second-order valence-corrected chi connectivity index (χ2v) is 11.8. The Morgan fingerprint density at radius 2 is 1.00 bits per heavy atom. The third kappa shape index (κ3) is 7.91. The summed E-state index contributed by atoms with van der Waals surface area (Å²) in [6, 6.07) is 41.9. The Kier molecular flexibility index (Phi) is 9.89. The van der Waals surface area contributed by atoms with Crippen LogP contribution in [-0.4, -0.2) is 16.7 Å². The normalized spacial score (nSPS) is 12.1. The van der Waals surface area contributed by atoms with E-state index in [1.54, 1.807) is 0 Å². The number of thioether (sulfide) groups is 2. The number of hydrogen-bond donors (Lipinski definition) is 2. The van der Waals surface area contributed by atoms with Gasteiger partial charge in [0.25, 0.3) is 5.69 Å². The summed E-state index contributed by atoms with van der Waals surface area (Å²) < 4.78 is 0. The Morgan fingerprint density at radius 1 is 0.581 bits per heavy atom. The Bertz CT molecular complexity index is 1690. The Hall–Kier alpha value is -4.86. The van der Waals surface area contributed by atoms with Crippen molar-refractivity contribution < 1.29 is 14.5 Å². The summed E-state index contributed by atoms with van der Waals surface area (Å²) in [5, 5.41) is 16.3. The predicted molar refractivity (Wildman–Crippen MR) is 173 cm³/mol. The summed E-state index contributed by atoms with van der Waals surface area (Å²) in [4.78, 5) is 40.5. The van der Waals surface area contributed by atoms with Gasteiger partial charge in [-0.3, -0.25) is 19.7 Å². The second-order valence-electron chi connectivity index (χ2n) is 9.41. The molecule has 0 spiro atoms. The van der Waals surface area contributed by atoms with Gasteiger partial charge in [0, 0.05) is 21.5 Å². The first-order valence-corrected chi connectivity index (χ1v) is 15.2. The van der Waals surface area contributed by atoms with Gasteiger partial charge in [-0.05, 0) is 47.5 Å². The van der Waals surface area contributed by atoms with Gasteiger partial charge in [0.05, 0.1) is 4.92 Å². The highest BCUT2D eigenvalue weighted by molar-refractivity contribution is 8.00. The zero-order valence-electron chi connectivity index (χ0n) is 22.8. The average Bonchev–Trinajstić information content (AvgIpc) is 3.04. The van der Waals surface area contributed by atoms with Gasteiger partial charge in [0.15, 0.2) is 0 Å². The molecule has 5 rings (SSSR count). The number of nitrogens with one attached hydrogen (secondary N) is 2. The molecule has 2 atom stereocenters. The number of benzene rings is 5. The first kappa shape index (κ1) is 29.6. The molecule has 2 amide bonds. The molecular formula is C34H27N3O4S2. The fourth-order valence-corrected chi connectivity index (χ4v) is 6.44. The summed E-state index contributed by atoms with van der Waals surface area (Å²) in [5.74, 6) is -0.721. The molecule has 0 saturated heterocycles. The fraction of sp³-hybridized carbons (Fsp3) is 0.0588. The summed E-state index contributed by atoms with van der Waals surface area (Å²) in [7, 11) is 0. The van der Waals surface area contributed by atoms with Crippen LogP contribution in [0, 0.1) is 10.1 Å². The quantitative estimate of drug-likeness (QED) is 0.0889. The van der Waals surface area contributed by atoms with E-state index >= 15 is 0 Å². The molecule has 0 aromatic heterocycles. The van der Waals surface area contributed by atoms with Crippen LogP contribution in [0.25, 0.3) is 0 Å². The number of anilines is 2. The van der Waals surface area contributed by atoms with Gasteiger partial charge in [0.2, 0.25) is 11.8 Å². The van der Waals surface area contributed by atoms with Crippen LogP contribution in [0.15, 0.2) is 149 Å². The lowest BCUT2D eigenvalue weighted by Crippen LogP contribution is -2.21. The molecule has 7 nitrogen and oxygen atoms in total. The fourth-order valence-electron chi connectivity index (χ4n) is 4.35. The third-order valence-corrected chi connectivity index (χ3v) is 8.93. The molecule has 0 radical (unpaired) electrons. The predicted octanol–water partition coefficient (Wildman–Crippen LogP) is 8.54. The second kappa shape index (κ2) is 14.4. The molecule has 2 unspecified atom stereocenters. The van der Waals surface area contributed by atoms with Crippen molar-refractivity contribution in [2.24, 2.45) is 0 Å². The first-order valence-electron chi connectivity index (χ1n) is 13.4. The lowest BCUT2D eigenvalue weighted by molar-refractivity contribution is -0.383. The molecule has 9 heteroatoms. The van der Waals surface area contributed by atoms with Gasteiger partial charge in [-0.15, -0.1) is 23.5 Å². The standard InChI is InChI=1S/C34H27N3O4S2/c38-33(31(24-13-5-1-6-14-24)42-27-17-9-3-10-18-27)35-26-21-22-30(37(40)41)29(23-26)36-34(39)32(25-15-7-2-8-16-25)43-28-19-11-4-12-20-28/h1-23,31-32H,(H,35,38)(H,36,39). The number of rotatable bonds is 11. The Morgan fingerprint density at radius 3 is 1.44 bits per heavy atom. The van der Waals surface area contributed by atoms with E-state index in [1.807, 2.05) is 121 Å². The maximum Gasteiger partial charge on any atom is 0.292 e. The van der Waals surface area contributed by atoms with E-state index in [0.29, 0.717) is 5.69 Å². The van der Waals surface area contributed by atoms with E-state index in [-0.39, 0.29) is 17.3 Å². The molecule has 5 aromatic rings. The van der Waals surface area contributed by atoms with Gasteiger partial charge < -0.3 is 10.6 Å². The van der Waals surface area contributed by atoms with Crippen molar-refractivity contribution in [2.75, 3.05) is 10.6 Å².